The molecule has 0 aromatic heterocycles. The average Bonchev–Trinajstić information content (AvgIpc) is 2.70. The zero-order valence-electron chi connectivity index (χ0n) is 10.8. The fourth-order valence-electron chi connectivity index (χ4n) is 2.73. The predicted octanol–water partition coefficient (Wildman–Crippen LogP) is 3.33. The number of nitrogens with zero attached hydrogens (tertiary/aromatic N) is 1. The number of nitrogen functional groups attached to an aromatic ring is 1. The molecule has 98 valence electrons. The van der Waals surface area contributed by atoms with Gasteiger partial charge in [-0.1, -0.05) is 24.6 Å². The lowest BCUT2D eigenvalue weighted by molar-refractivity contribution is 0.0677. The maximum absolute atomic E-state index is 12.6. The smallest absolute Gasteiger partial charge is 0.257 e. The summed E-state index contributed by atoms with van der Waals surface area (Å²) in [5.41, 5.74) is 6.80. The van der Waals surface area contributed by atoms with E-state index in [2.05, 4.69) is 13.8 Å². The molecule has 2 N–H and O–H groups in total. The van der Waals surface area contributed by atoms with E-state index in [0.29, 0.717) is 22.3 Å². The number of rotatable bonds is 2. The van der Waals surface area contributed by atoms with E-state index < -0.39 is 0 Å². The van der Waals surface area contributed by atoms with Crippen molar-refractivity contribution in [3.05, 3.63) is 28.8 Å². The summed E-state index contributed by atoms with van der Waals surface area (Å²) in [5, 5.41) is 0.439. The summed E-state index contributed by atoms with van der Waals surface area (Å²) in [7, 11) is 0. The average molecular weight is 267 g/mol. The van der Waals surface area contributed by atoms with Gasteiger partial charge in [0.15, 0.2) is 0 Å². The topological polar surface area (TPSA) is 46.3 Å². The van der Waals surface area contributed by atoms with Gasteiger partial charge in [-0.3, -0.25) is 4.79 Å². The Morgan fingerprint density at radius 1 is 1.50 bits per heavy atom. The first kappa shape index (κ1) is 13.2. The predicted molar refractivity (Wildman–Crippen MR) is 74.8 cm³/mol. The van der Waals surface area contributed by atoms with E-state index in [9.17, 15) is 4.79 Å². The number of nitrogens with two attached hydrogens (primary N) is 1. The number of hydrogen-bond donors (Lipinski definition) is 1. The third kappa shape index (κ3) is 2.19. The fourth-order valence-corrected chi connectivity index (χ4v) is 3.00. The normalized spacial score (nSPS) is 23.4. The number of likely N-dealkylation sites (tertiary alicyclic amines) is 1. The number of anilines is 1. The third-order valence-electron chi connectivity index (χ3n) is 3.75. The number of hydrogen-bond acceptors (Lipinski definition) is 2. The molecule has 1 amide bonds. The Morgan fingerprint density at radius 2 is 2.22 bits per heavy atom. The van der Waals surface area contributed by atoms with Crippen LogP contribution in [-0.4, -0.2) is 22.9 Å². The van der Waals surface area contributed by atoms with Crippen molar-refractivity contribution >= 4 is 23.2 Å². The molecular formula is C14H19ClN2O. The molecule has 1 aliphatic rings. The number of carbonyl (C=O) groups is 1. The van der Waals surface area contributed by atoms with Crippen molar-refractivity contribution in [3.8, 4) is 0 Å². The molecule has 0 spiro atoms. The van der Waals surface area contributed by atoms with Gasteiger partial charge in [0.05, 0.1) is 10.6 Å². The van der Waals surface area contributed by atoms with Crippen LogP contribution in [-0.2, 0) is 0 Å². The highest BCUT2D eigenvalue weighted by molar-refractivity contribution is 6.34. The maximum Gasteiger partial charge on any atom is 0.257 e. The van der Waals surface area contributed by atoms with Crippen LogP contribution in [0.25, 0.3) is 0 Å². The zero-order chi connectivity index (χ0) is 13.3. The maximum atomic E-state index is 12.6. The van der Waals surface area contributed by atoms with Gasteiger partial charge in [-0.15, -0.1) is 0 Å². The van der Waals surface area contributed by atoms with Crippen LogP contribution in [0.5, 0.6) is 0 Å². The van der Waals surface area contributed by atoms with Gasteiger partial charge in [0.1, 0.15) is 0 Å². The Balaban J connectivity index is 2.36. The van der Waals surface area contributed by atoms with Crippen LogP contribution in [0.1, 0.15) is 43.5 Å². The molecule has 0 saturated carbocycles. The van der Waals surface area contributed by atoms with Crippen molar-refractivity contribution in [1.82, 2.24) is 4.90 Å². The summed E-state index contributed by atoms with van der Waals surface area (Å²) in [4.78, 5) is 14.6. The third-order valence-corrected chi connectivity index (χ3v) is 4.07. The van der Waals surface area contributed by atoms with E-state index in [-0.39, 0.29) is 11.9 Å². The highest BCUT2D eigenvalue weighted by Crippen LogP contribution is 2.31. The first-order valence-corrected chi connectivity index (χ1v) is 6.80. The SMILES string of the molecule is CCC1CCC(C)N1C(=O)c1c(N)cccc1Cl. The molecule has 1 aromatic carbocycles. The van der Waals surface area contributed by atoms with Crippen LogP contribution in [0, 0.1) is 0 Å². The van der Waals surface area contributed by atoms with E-state index >= 15 is 0 Å². The summed E-state index contributed by atoms with van der Waals surface area (Å²) in [6.07, 6.45) is 3.09. The highest BCUT2D eigenvalue weighted by Gasteiger charge is 2.34. The quantitative estimate of drug-likeness (QED) is 0.835. The first-order chi connectivity index (χ1) is 8.56. The Morgan fingerprint density at radius 3 is 2.83 bits per heavy atom. The number of carbonyl (C=O) groups excluding carboxylic acids is 1. The summed E-state index contributed by atoms with van der Waals surface area (Å²) in [6, 6.07) is 5.77. The summed E-state index contributed by atoms with van der Waals surface area (Å²) in [6.45, 7) is 4.19. The fraction of sp³-hybridized carbons (Fsp3) is 0.500. The molecule has 0 radical (unpaired) electrons. The lowest BCUT2D eigenvalue weighted by Gasteiger charge is -2.28. The number of halogens is 1. The minimum atomic E-state index is -0.0325. The molecule has 1 saturated heterocycles. The second-order valence-electron chi connectivity index (χ2n) is 4.90. The molecule has 1 aromatic rings. The van der Waals surface area contributed by atoms with Crippen LogP contribution >= 0.6 is 11.6 Å². The largest absolute Gasteiger partial charge is 0.398 e. The lowest BCUT2D eigenvalue weighted by atomic mass is 10.1. The van der Waals surface area contributed by atoms with E-state index in [1.165, 1.54) is 0 Å². The van der Waals surface area contributed by atoms with Crippen LogP contribution in [0.15, 0.2) is 18.2 Å². The van der Waals surface area contributed by atoms with E-state index in [0.717, 1.165) is 19.3 Å². The van der Waals surface area contributed by atoms with Crippen LogP contribution < -0.4 is 5.73 Å². The van der Waals surface area contributed by atoms with Crippen molar-refractivity contribution in [2.24, 2.45) is 0 Å². The molecule has 2 rings (SSSR count). The highest BCUT2D eigenvalue weighted by atomic mass is 35.5. The van der Waals surface area contributed by atoms with E-state index in [4.69, 9.17) is 17.3 Å². The minimum absolute atomic E-state index is 0.0325. The Labute approximate surface area is 113 Å². The molecule has 1 heterocycles. The summed E-state index contributed by atoms with van der Waals surface area (Å²) < 4.78 is 0. The molecular weight excluding hydrogens is 248 g/mol. The van der Waals surface area contributed by atoms with E-state index in [1.54, 1.807) is 18.2 Å². The van der Waals surface area contributed by atoms with Gasteiger partial charge in [0.25, 0.3) is 5.91 Å². The number of amides is 1. The second kappa shape index (κ2) is 5.19. The Kier molecular flexibility index (Phi) is 3.81. The van der Waals surface area contributed by atoms with Gasteiger partial charge in [-0.05, 0) is 38.3 Å². The van der Waals surface area contributed by atoms with Crippen molar-refractivity contribution in [2.45, 2.75) is 45.2 Å². The molecule has 2 atom stereocenters. The second-order valence-corrected chi connectivity index (χ2v) is 5.31. The van der Waals surface area contributed by atoms with Crippen molar-refractivity contribution in [3.63, 3.8) is 0 Å². The first-order valence-electron chi connectivity index (χ1n) is 6.43. The van der Waals surface area contributed by atoms with Crippen molar-refractivity contribution < 1.29 is 4.79 Å². The lowest BCUT2D eigenvalue weighted by Crippen LogP contribution is -2.40. The van der Waals surface area contributed by atoms with E-state index in [1.807, 2.05) is 4.90 Å². The molecule has 0 aliphatic carbocycles. The van der Waals surface area contributed by atoms with Gasteiger partial charge < -0.3 is 10.6 Å². The van der Waals surface area contributed by atoms with Gasteiger partial charge in [0.2, 0.25) is 0 Å². The summed E-state index contributed by atoms with van der Waals surface area (Å²) in [5.74, 6) is -0.0325. The van der Waals surface area contributed by atoms with Gasteiger partial charge >= 0.3 is 0 Å². The van der Waals surface area contributed by atoms with Gasteiger partial charge in [0, 0.05) is 17.8 Å². The van der Waals surface area contributed by atoms with Gasteiger partial charge in [-0.25, -0.2) is 0 Å². The minimum Gasteiger partial charge on any atom is -0.398 e. The van der Waals surface area contributed by atoms with Gasteiger partial charge in [-0.2, -0.15) is 0 Å². The molecule has 1 fully saturated rings. The molecule has 0 bridgehead atoms. The van der Waals surface area contributed by atoms with Crippen LogP contribution in [0.2, 0.25) is 5.02 Å². The van der Waals surface area contributed by atoms with Crippen LogP contribution in [0.3, 0.4) is 0 Å². The molecule has 1 aliphatic heterocycles. The molecule has 3 nitrogen and oxygen atoms in total. The molecule has 2 unspecified atom stereocenters. The van der Waals surface area contributed by atoms with Crippen LogP contribution in [0.4, 0.5) is 5.69 Å². The standard InChI is InChI=1S/C14H19ClN2O/c1-3-10-8-7-9(2)17(10)14(18)13-11(15)5-4-6-12(13)16/h4-6,9-10H,3,7-8,16H2,1-2H3. The molecule has 4 heteroatoms. The Bertz CT molecular complexity index is 441. The van der Waals surface area contributed by atoms with Crippen molar-refractivity contribution in [1.29, 1.82) is 0 Å². The Hall–Kier alpha value is -1.22. The van der Waals surface area contributed by atoms with Crippen molar-refractivity contribution in [2.75, 3.05) is 5.73 Å². The number of benzene rings is 1. The molecule has 18 heavy (non-hydrogen) atoms. The zero-order valence-corrected chi connectivity index (χ0v) is 11.6. The summed E-state index contributed by atoms with van der Waals surface area (Å²) >= 11 is 6.11. The monoisotopic (exact) mass is 266 g/mol.